The average Bonchev–Trinajstić information content (AvgIpc) is 1.19. The van der Waals surface area contributed by atoms with Crippen LogP contribution in [0.25, 0.3) is 0 Å². The molecule has 0 fully saturated rings. The number of hydrogen-bond donors (Lipinski definition) is 1. The maximum Gasteiger partial charge on any atom is 2.00 e. The Labute approximate surface area is 163 Å². The predicted octanol–water partition coefficient (Wildman–Crippen LogP) is -11.0. The summed E-state index contributed by atoms with van der Waals surface area (Å²) in [6.45, 7) is 0. The minimum absolute atomic E-state index is 0. The smallest absolute Gasteiger partial charge is 0.790 e. The molecule has 12 heavy (non-hydrogen) atoms. The van der Waals surface area contributed by atoms with E-state index in [1.54, 1.807) is 0 Å². The second-order valence-electron chi connectivity index (χ2n) is 0.719. The van der Waals surface area contributed by atoms with Gasteiger partial charge in [0.25, 0.3) is 0 Å². The molecule has 56 valence electrons. The van der Waals surface area contributed by atoms with Crippen LogP contribution < -0.4 is 101 Å². The summed E-state index contributed by atoms with van der Waals surface area (Å²) in [7, 11) is -5.14. The van der Waals surface area contributed by atoms with Gasteiger partial charge in [-0.05, 0) is 6.16 Å². The average molecular weight is 258 g/mol. The molecule has 0 aromatic rings. The zero-order valence-electron chi connectivity index (χ0n) is 6.55. The third-order valence-corrected chi connectivity index (χ3v) is 0. The van der Waals surface area contributed by atoms with Crippen LogP contribution in [0.5, 0.6) is 0 Å². The summed E-state index contributed by atoms with van der Waals surface area (Å²) in [5.41, 5.74) is 0. The van der Waals surface area contributed by atoms with Crippen molar-refractivity contribution < 1.29 is 115 Å². The molecule has 0 amide bonds. The van der Waals surface area contributed by atoms with E-state index >= 15 is 0 Å². The molecule has 0 saturated carbocycles. The summed E-state index contributed by atoms with van der Waals surface area (Å²) in [5, 5.41) is 16.7. The predicted molar refractivity (Wildman–Crippen MR) is 21.0 cm³/mol. The monoisotopic (exact) mass is 258 g/mol. The fraction of sp³-hybridized carbons (Fsp3) is 0. The van der Waals surface area contributed by atoms with Gasteiger partial charge in [0, 0.05) is 0 Å². The zero-order valence-corrected chi connectivity index (χ0v) is 14.8. The van der Waals surface area contributed by atoms with Gasteiger partial charge in [-0.25, -0.2) is 0 Å². The number of carbonyl (C=O) groups excluding carboxylic acids is 1. The van der Waals surface area contributed by atoms with E-state index in [0.717, 1.165) is 0 Å². The minimum Gasteiger partial charge on any atom is -0.790 e. The fourth-order valence-electron chi connectivity index (χ4n) is 0. The second-order valence-corrected chi connectivity index (χ2v) is 1.66. The Hall–Kier alpha value is 3.28. The minimum atomic E-state index is -5.14. The largest absolute Gasteiger partial charge is 2.00 e. The first-order valence-electron chi connectivity index (χ1n) is 1.36. The van der Waals surface area contributed by atoms with Crippen molar-refractivity contribution in [2.45, 2.75) is 0 Å². The summed E-state index contributed by atoms with van der Waals surface area (Å²) < 4.78 is 8.66. The van der Waals surface area contributed by atoms with E-state index in [2.05, 4.69) is 0 Å². The molecule has 0 saturated heterocycles. The maximum atomic E-state index is 8.66. The van der Waals surface area contributed by atoms with Gasteiger partial charge < -0.3 is 34.3 Å². The van der Waals surface area contributed by atoms with E-state index < -0.39 is 14.0 Å². The molecule has 0 radical (unpaired) electrons. The maximum absolute atomic E-state index is 8.66. The van der Waals surface area contributed by atoms with E-state index in [4.69, 9.17) is 34.3 Å². The summed E-state index contributed by atoms with van der Waals surface area (Å²) >= 11 is 0. The Morgan fingerprint density at radius 1 is 1.25 bits per heavy atom. The molecule has 0 heterocycles. The van der Waals surface area contributed by atoms with E-state index in [1.807, 2.05) is 0 Å². The van der Waals surface area contributed by atoms with Gasteiger partial charge in [0.2, 0.25) is 0 Å². The Morgan fingerprint density at radius 3 is 1.25 bits per heavy atom. The van der Waals surface area contributed by atoms with Gasteiger partial charge in [-0.2, -0.15) is 0 Å². The van der Waals surface area contributed by atoms with Gasteiger partial charge in [0.05, 0.1) is 7.82 Å². The normalized spacial score (nSPS) is 6.92. The van der Waals surface area contributed by atoms with Crippen LogP contribution >= 0.6 is 7.82 Å². The second kappa shape index (κ2) is 16.7. The molecular formula is CHCaKNaO7P. The topological polar surface area (TPSA) is 147 Å². The molecule has 0 bridgehead atoms. The van der Waals surface area contributed by atoms with Crippen molar-refractivity contribution in [3.63, 3.8) is 0 Å². The molecule has 1 N–H and O–H groups in total. The first kappa shape index (κ1) is 29.5. The summed E-state index contributed by atoms with van der Waals surface area (Å²) in [6.07, 6.45) is -2.33. The molecule has 7 nitrogen and oxygen atoms in total. The fourth-order valence-corrected chi connectivity index (χ4v) is 0. The van der Waals surface area contributed by atoms with Gasteiger partial charge in [0.1, 0.15) is 0 Å². The van der Waals surface area contributed by atoms with Crippen LogP contribution in [0, 0.1) is 0 Å². The molecule has 11 heteroatoms. The molecule has 0 aliphatic rings. The van der Waals surface area contributed by atoms with Crippen molar-refractivity contribution in [2.75, 3.05) is 0 Å². The van der Waals surface area contributed by atoms with Gasteiger partial charge in [-0.15, -0.1) is 0 Å². The number of carbonyl (C=O) groups is 1. The van der Waals surface area contributed by atoms with Gasteiger partial charge in [0.15, 0.2) is 0 Å². The number of phosphoric acid groups is 1. The third-order valence-electron chi connectivity index (χ3n) is 0. The van der Waals surface area contributed by atoms with Crippen LogP contribution in [0.1, 0.15) is 0 Å². The van der Waals surface area contributed by atoms with E-state index in [-0.39, 0.29) is 119 Å². The van der Waals surface area contributed by atoms with Crippen LogP contribution in [0.2, 0.25) is 0 Å². The van der Waals surface area contributed by atoms with Crippen molar-refractivity contribution >= 4 is 51.7 Å². The number of hydrogen-bond acceptors (Lipinski definition) is 6. The van der Waals surface area contributed by atoms with E-state index in [0.29, 0.717) is 0 Å². The molecule has 0 aliphatic heterocycles. The molecule has 0 rings (SSSR count). The molecule has 0 spiro atoms. The van der Waals surface area contributed by atoms with Crippen LogP contribution in [-0.4, -0.2) is 48.8 Å². The zero-order chi connectivity index (χ0) is 8.08. The Kier molecular flexibility index (Phi) is 41.0. The van der Waals surface area contributed by atoms with Gasteiger partial charge in [-0.1, -0.05) is 0 Å². The number of carboxylic acid groups (broad SMARTS) is 2. The van der Waals surface area contributed by atoms with Crippen molar-refractivity contribution in [2.24, 2.45) is 0 Å². The van der Waals surface area contributed by atoms with Crippen molar-refractivity contribution in [1.29, 1.82) is 0 Å². The summed E-state index contributed by atoms with van der Waals surface area (Å²) in [4.78, 5) is 32.6. The molecule has 0 atom stereocenters. The summed E-state index contributed by atoms with van der Waals surface area (Å²) in [5.74, 6) is 0. The number of rotatable bonds is 0. The molecule has 0 aromatic heterocycles. The van der Waals surface area contributed by atoms with Crippen LogP contribution in [0.15, 0.2) is 0 Å². The van der Waals surface area contributed by atoms with E-state index in [9.17, 15) is 0 Å². The first-order chi connectivity index (χ1) is 3.73. The van der Waals surface area contributed by atoms with Crippen LogP contribution in [0.4, 0.5) is 4.79 Å². The Morgan fingerprint density at radius 2 is 1.25 bits per heavy atom. The molecule has 0 unspecified atom stereocenters. The first-order valence-corrected chi connectivity index (χ1v) is 2.86. The quantitative estimate of drug-likeness (QED) is 0.335. The van der Waals surface area contributed by atoms with Gasteiger partial charge in [-0.3, -0.25) is 0 Å². The SMILES string of the molecule is O=C([O-])[O-].O=P([O-])([O-])O.[Ca+2].[K+].[Na+]. The Balaban J connectivity index is -0.0000000221. The van der Waals surface area contributed by atoms with Crippen molar-refractivity contribution in [3.05, 3.63) is 0 Å². The van der Waals surface area contributed by atoms with Crippen LogP contribution in [0.3, 0.4) is 0 Å². The third kappa shape index (κ3) is 186. The van der Waals surface area contributed by atoms with Crippen LogP contribution in [-0.2, 0) is 4.57 Å². The van der Waals surface area contributed by atoms with Crippen molar-refractivity contribution in [3.8, 4) is 0 Å². The van der Waals surface area contributed by atoms with Crippen molar-refractivity contribution in [1.82, 2.24) is 0 Å². The Bertz CT molecular complexity index is 123. The molecular weight excluding hydrogens is 257 g/mol. The molecule has 0 aromatic carbocycles. The summed E-state index contributed by atoms with van der Waals surface area (Å²) in [6, 6.07) is 0. The van der Waals surface area contributed by atoms with Gasteiger partial charge >= 0.3 is 119 Å². The standard InChI is InChI=1S/CH2O3.Ca.K.Na.H3O4P/c2-1(3)4;;;;1-5(2,3)4/h(H2,2,3,4);;;;(H3,1,2,3,4)/q;+2;2*+1;/p-4. The van der Waals surface area contributed by atoms with E-state index in [1.165, 1.54) is 0 Å². The molecule has 0 aliphatic carbocycles.